The van der Waals surface area contributed by atoms with Gasteiger partial charge >= 0.3 is 11.8 Å². The molecule has 4 bridgehead atoms. The highest BCUT2D eigenvalue weighted by Crippen LogP contribution is 2.60. The standard InChI is InChI=1S/C23H27ClN4O4/c24-16-2-1-3-17-18(16)28(21(30)26-17)15-4-5-27(11-15)22(31)32-19-13-6-12-7-14(19)10-23(8-12,9-13)20(25)29/h1-3,12-15,19H,4-11H2,(H2,25,29)(H,26,30)/t12?,13-,14?,15-,19?,23-/m0/s1. The third kappa shape index (κ3) is 2.91. The Morgan fingerprint density at radius 1 is 1.19 bits per heavy atom. The fourth-order valence-electron chi connectivity index (χ4n) is 7.27. The summed E-state index contributed by atoms with van der Waals surface area (Å²) in [6.45, 7) is 0.940. The molecule has 8 nitrogen and oxygen atoms in total. The Bertz CT molecular complexity index is 1160. The first-order valence-electron chi connectivity index (χ1n) is 11.5. The molecule has 5 fully saturated rings. The number of hydrogen-bond acceptors (Lipinski definition) is 4. The van der Waals surface area contributed by atoms with Gasteiger partial charge in [0.2, 0.25) is 5.91 Å². The van der Waals surface area contributed by atoms with Gasteiger partial charge in [-0.3, -0.25) is 9.36 Å². The Kier molecular flexibility index (Phi) is 4.41. The summed E-state index contributed by atoms with van der Waals surface area (Å²) in [6, 6.07) is 5.24. The molecule has 3 N–H and O–H groups in total. The zero-order valence-corrected chi connectivity index (χ0v) is 18.5. The molecule has 7 rings (SSSR count). The highest BCUT2D eigenvalue weighted by molar-refractivity contribution is 6.34. The van der Waals surface area contributed by atoms with E-state index in [-0.39, 0.29) is 41.7 Å². The van der Waals surface area contributed by atoms with E-state index in [0.29, 0.717) is 41.5 Å². The quantitative estimate of drug-likeness (QED) is 0.736. The zero-order valence-electron chi connectivity index (χ0n) is 17.8. The molecule has 5 aliphatic rings. The summed E-state index contributed by atoms with van der Waals surface area (Å²) < 4.78 is 7.73. The molecule has 2 amide bonds. The summed E-state index contributed by atoms with van der Waals surface area (Å²) in [5.74, 6) is 0.758. The Hall–Kier alpha value is -2.48. The van der Waals surface area contributed by atoms with Crippen molar-refractivity contribution < 1.29 is 14.3 Å². The van der Waals surface area contributed by atoms with Crippen molar-refractivity contribution in [2.24, 2.45) is 28.9 Å². The number of ether oxygens (including phenoxy) is 1. The number of nitrogens with zero attached hydrogens (tertiary/aromatic N) is 2. The van der Waals surface area contributed by atoms with Crippen molar-refractivity contribution in [1.82, 2.24) is 14.5 Å². The number of hydrogen-bond donors (Lipinski definition) is 2. The Morgan fingerprint density at radius 2 is 1.94 bits per heavy atom. The van der Waals surface area contributed by atoms with Crippen molar-refractivity contribution >= 4 is 34.6 Å². The normalized spacial score (nSPS) is 35.5. The van der Waals surface area contributed by atoms with Gasteiger partial charge in [0.15, 0.2) is 0 Å². The van der Waals surface area contributed by atoms with Crippen LogP contribution in [0, 0.1) is 23.2 Å². The lowest BCUT2D eigenvalue weighted by Gasteiger charge is -2.58. The molecule has 1 aromatic heterocycles. The number of amides is 2. The summed E-state index contributed by atoms with van der Waals surface area (Å²) in [5.41, 5.74) is 6.53. The minimum atomic E-state index is -0.395. The van der Waals surface area contributed by atoms with Crippen LogP contribution in [-0.2, 0) is 9.53 Å². The molecule has 1 aliphatic heterocycles. The number of carbonyl (C=O) groups excluding carboxylic acids is 2. The van der Waals surface area contributed by atoms with Crippen LogP contribution in [0.25, 0.3) is 11.0 Å². The highest BCUT2D eigenvalue weighted by atomic mass is 35.5. The van der Waals surface area contributed by atoms with Crippen LogP contribution in [0.1, 0.15) is 44.6 Å². The van der Waals surface area contributed by atoms with Gasteiger partial charge in [-0.1, -0.05) is 17.7 Å². The van der Waals surface area contributed by atoms with Crippen molar-refractivity contribution in [1.29, 1.82) is 0 Å². The Morgan fingerprint density at radius 3 is 2.66 bits per heavy atom. The van der Waals surface area contributed by atoms with Crippen molar-refractivity contribution in [2.75, 3.05) is 13.1 Å². The van der Waals surface area contributed by atoms with Crippen molar-refractivity contribution in [3.8, 4) is 0 Å². The molecule has 4 aliphatic carbocycles. The van der Waals surface area contributed by atoms with Crippen molar-refractivity contribution in [3.63, 3.8) is 0 Å². The van der Waals surface area contributed by atoms with Crippen LogP contribution in [0.4, 0.5) is 4.79 Å². The van der Waals surface area contributed by atoms with Crippen LogP contribution in [0.2, 0.25) is 5.02 Å². The molecule has 170 valence electrons. The molecule has 9 heteroatoms. The lowest BCUT2D eigenvalue weighted by molar-refractivity contribution is -0.161. The molecule has 2 aromatic rings. The summed E-state index contributed by atoms with van der Waals surface area (Å²) in [5, 5.41) is 0.513. The fourth-order valence-corrected chi connectivity index (χ4v) is 7.53. The van der Waals surface area contributed by atoms with Gasteiger partial charge in [0.1, 0.15) is 6.10 Å². The number of rotatable bonds is 3. The van der Waals surface area contributed by atoms with Gasteiger partial charge in [-0.05, 0) is 68.4 Å². The number of halogens is 1. The van der Waals surface area contributed by atoms with Crippen LogP contribution in [-0.4, -0.2) is 45.6 Å². The number of aromatic nitrogens is 2. The molecule has 1 saturated heterocycles. The van der Waals surface area contributed by atoms with E-state index < -0.39 is 5.41 Å². The molecule has 0 spiro atoms. The molecular formula is C23H27ClN4O4. The number of likely N-dealkylation sites (tertiary alicyclic amines) is 1. The second kappa shape index (κ2) is 7.01. The number of primary amides is 1. The number of aromatic amines is 1. The maximum Gasteiger partial charge on any atom is 0.410 e. The highest BCUT2D eigenvalue weighted by Gasteiger charge is 2.59. The second-order valence-electron chi connectivity index (χ2n) is 10.3. The van der Waals surface area contributed by atoms with E-state index in [9.17, 15) is 14.4 Å². The molecule has 2 heterocycles. The van der Waals surface area contributed by atoms with Crippen molar-refractivity contribution in [2.45, 2.75) is 50.7 Å². The number of para-hydroxylation sites is 1. The summed E-state index contributed by atoms with van der Waals surface area (Å²) in [4.78, 5) is 42.4. The molecule has 6 atom stereocenters. The number of imidazole rings is 1. The molecular weight excluding hydrogens is 432 g/mol. The number of nitrogens with one attached hydrogen (secondary N) is 1. The SMILES string of the molecule is NC(=O)[C@]12CC3CC(C1)C(OC(=O)N1CC[C@H](n4c(=O)[nH]c5cccc(Cl)c54)C1)[C@@H](C3)C2. The maximum atomic E-state index is 13.1. The van der Waals surface area contributed by atoms with Gasteiger partial charge in [-0.15, -0.1) is 0 Å². The Balaban J connectivity index is 1.17. The van der Waals surface area contributed by atoms with Gasteiger partial charge in [0.05, 0.1) is 27.5 Å². The van der Waals surface area contributed by atoms with E-state index in [0.717, 1.165) is 32.1 Å². The number of carbonyl (C=O) groups is 2. The predicted molar refractivity (Wildman–Crippen MR) is 118 cm³/mol. The van der Waals surface area contributed by atoms with Gasteiger partial charge in [0, 0.05) is 13.1 Å². The van der Waals surface area contributed by atoms with E-state index in [4.69, 9.17) is 22.1 Å². The first-order chi connectivity index (χ1) is 15.3. The average Bonchev–Trinajstić information content (AvgIpc) is 3.34. The van der Waals surface area contributed by atoms with Gasteiger partial charge in [0.25, 0.3) is 0 Å². The van der Waals surface area contributed by atoms with Crippen LogP contribution < -0.4 is 11.4 Å². The minimum Gasteiger partial charge on any atom is -0.446 e. The van der Waals surface area contributed by atoms with Gasteiger partial charge in [-0.25, -0.2) is 9.59 Å². The van der Waals surface area contributed by atoms with Crippen LogP contribution >= 0.6 is 11.6 Å². The third-order valence-electron chi connectivity index (χ3n) is 8.42. The largest absolute Gasteiger partial charge is 0.446 e. The lowest BCUT2D eigenvalue weighted by Crippen LogP contribution is -2.59. The summed E-state index contributed by atoms with van der Waals surface area (Å²) in [7, 11) is 0. The van der Waals surface area contributed by atoms with E-state index in [2.05, 4.69) is 4.98 Å². The smallest absolute Gasteiger partial charge is 0.410 e. The number of nitrogens with two attached hydrogens (primary N) is 1. The van der Waals surface area contributed by atoms with E-state index in [1.807, 2.05) is 6.07 Å². The number of H-pyrrole nitrogens is 1. The zero-order chi connectivity index (χ0) is 22.2. The van der Waals surface area contributed by atoms with Crippen LogP contribution in [0.15, 0.2) is 23.0 Å². The van der Waals surface area contributed by atoms with E-state index >= 15 is 0 Å². The van der Waals surface area contributed by atoms with Crippen molar-refractivity contribution in [3.05, 3.63) is 33.7 Å². The van der Waals surface area contributed by atoms with E-state index in [1.54, 1.807) is 21.6 Å². The average molecular weight is 459 g/mol. The van der Waals surface area contributed by atoms with Gasteiger partial charge in [-0.2, -0.15) is 0 Å². The lowest BCUT2D eigenvalue weighted by atomic mass is 9.48. The van der Waals surface area contributed by atoms with Gasteiger partial charge < -0.3 is 20.4 Å². The monoisotopic (exact) mass is 458 g/mol. The Labute approximate surface area is 190 Å². The number of benzene rings is 1. The molecule has 3 unspecified atom stereocenters. The second-order valence-corrected chi connectivity index (χ2v) is 10.7. The minimum absolute atomic E-state index is 0.143. The van der Waals surface area contributed by atoms with Crippen LogP contribution in [0.3, 0.4) is 0 Å². The fraction of sp³-hybridized carbons (Fsp3) is 0.609. The van der Waals surface area contributed by atoms with E-state index in [1.165, 1.54) is 0 Å². The molecule has 1 aromatic carbocycles. The first kappa shape index (κ1) is 20.1. The molecule has 0 radical (unpaired) electrons. The summed E-state index contributed by atoms with van der Waals surface area (Å²) >= 11 is 6.37. The molecule has 4 saturated carbocycles. The van der Waals surface area contributed by atoms with Crippen LogP contribution in [0.5, 0.6) is 0 Å². The molecule has 32 heavy (non-hydrogen) atoms. The summed E-state index contributed by atoms with van der Waals surface area (Å²) in [6.07, 6.45) is 4.58. The predicted octanol–water partition coefficient (Wildman–Crippen LogP) is 3.05. The number of fused-ring (bicyclic) bond motifs is 1. The maximum absolute atomic E-state index is 13.1. The topological polar surface area (TPSA) is 110 Å². The third-order valence-corrected chi connectivity index (χ3v) is 8.73. The first-order valence-corrected chi connectivity index (χ1v) is 11.9.